The summed E-state index contributed by atoms with van der Waals surface area (Å²) in [7, 11) is -4.54. The van der Waals surface area contributed by atoms with Gasteiger partial charge in [-0.3, -0.25) is 13.9 Å². The largest absolute Gasteiger partial charge is 0.417 e. The van der Waals surface area contributed by atoms with Gasteiger partial charge in [0.2, 0.25) is 11.8 Å². The molecule has 1 N–H and O–H groups in total. The predicted octanol–water partition coefficient (Wildman–Crippen LogP) is 6.73. The molecule has 3 aromatic carbocycles. The number of hydrogen-bond donors (Lipinski definition) is 1. The zero-order chi connectivity index (χ0) is 32.1. The number of sulfonamides is 1. The van der Waals surface area contributed by atoms with Crippen molar-refractivity contribution in [1.82, 2.24) is 10.2 Å². The van der Waals surface area contributed by atoms with Crippen molar-refractivity contribution in [1.29, 1.82) is 0 Å². The number of nitrogens with zero attached hydrogens (tertiary/aromatic N) is 2. The van der Waals surface area contributed by atoms with Gasteiger partial charge in [0, 0.05) is 12.6 Å². The summed E-state index contributed by atoms with van der Waals surface area (Å²) in [4.78, 5) is 28.7. The molecule has 3 aromatic rings. The smallest absolute Gasteiger partial charge is 0.352 e. The number of nitrogens with one attached hydrogen (secondary N) is 1. The van der Waals surface area contributed by atoms with E-state index in [9.17, 15) is 31.2 Å². The minimum Gasteiger partial charge on any atom is -0.352 e. The molecule has 7 nitrogen and oxygen atoms in total. The van der Waals surface area contributed by atoms with Crippen molar-refractivity contribution in [3.63, 3.8) is 0 Å². The standard InChI is InChI=1S/C32H35ClF3N3O4S/c1-3-29(31(41)37-24-11-7-8-12-24)38(20-23-9-5-4-6-10-23)30(40)21-39(44(42,43)26-16-13-22(2)14-17-26)25-15-18-28(33)27(19-25)32(34,35)36/h4-6,9-10,13-19,24,29H,3,7-8,11-12,20-21H2,1-2H3,(H,37,41)/t29-/m0/s1. The Morgan fingerprint density at radius 3 is 2.23 bits per heavy atom. The van der Waals surface area contributed by atoms with Gasteiger partial charge in [0.15, 0.2) is 0 Å². The van der Waals surface area contributed by atoms with Crippen LogP contribution in [0, 0.1) is 6.92 Å². The van der Waals surface area contributed by atoms with Crippen LogP contribution in [0.5, 0.6) is 0 Å². The Labute approximate surface area is 261 Å². The monoisotopic (exact) mass is 649 g/mol. The van der Waals surface area contributed by atoms with E-state index in [1.54, 1.807) is 56.3 Å². The molecule has 1 atom stereocenters. The van der Waals surface area contributed by atoms with Crippen molar-refractivity contribution in [2.45, 2.75) is 75.7 Å². The van der Waals surface area contributed by atoms with Crippen molar-refractivity contribution in [3.05, 3.63) is 94.5 Å². The third-order valence-electron chi connectivity index (χ3n) is 7.71. The van der Waals surface area contributed by atoms with Gasteiger partial charge in [-0.25, -0.2) is 8.42 Å². The summed E-state index contributed by atoms with van der Waals surface area (Å²) in [6.07, 6.45) is -1.00. The Bertz CT molecular complexity index is 1560. The molecule has 1 aliphatic rings. The number of carbonyl (C=O) groups excluding carboxylic acids is 2. The molecular weight excluding hydrogens is 615 g/mol. The predicted molar refractivity (Wildman–Crippen MR) is 164 cm³/mol. The normalized spacial score (nSPS) is 14.7. The molecule has 0 radical (unpaired) electrons. The number of alkyl halides is 3. The Balaban J connectivity index is 1.77. The van der Waals surface area contributed by atoms with Gasteiger partial charge in [0.05, 0.1) is 21.2 Å². The second-order valence-electron chi connectivity index (χ2n) is 10.9. The average molecular weight is 650 g/mol. The Kier molecular flexibility index (Phi) is 10.6. The highest BCUT2D eigenvalue weighted by molar-refractivity contribution is 7.92. The van der Waals surface area contributed by atoms with Crippen LogP contribution in [0.1, 0.15) is 55.7 Å². The summed E-state index contributed by atoms with van der Waals surface area (Å²) in [5.74, 6) is -1.11. The van der Waals surface area contributed by atoms with E-state index in [2.05, 4.69) is 5.32 Å². The fourth-order valence-corrected chi connectivity index (χ4v) is 6.95. The lowest BCUT2D eigenvalue weighted by atomic mass is 10.1. The van der Waals surface area contributed by atoms with Crippen molar-refractivity contribution < 1.29 is 31.2 Å². The minimum atomic E-state index is -4.87. The summed E-state index contributed by atoms with van der Waals surface area (Å²) in [5.41, 5.74) is -0.159. The zero-order valence-electron chi connectivity index (χ0n) is 24.5. The van der Waals surface area contributed by atoms with Crippen molar-refractivity contribution in [2.75, 3.05) is 10.8 Å². The van der Waals surface area contributed by atoms with Gasteiger partial charge < -0.3 is 10.2 Å². The highest BCUT2D eigenvalue weighted by atomic mass is 35.5. The van der Waals surface area contributed by atoms with Crippen LogP contribution in [-0.4, -0.2) is 43.8 Å². The van der Waals surface area contributed by atoms with E-state index >= 15 is 0 Å². The molecule has 4 rings (SSSR count). The fourth-order valence-electron chi connectivity index (χ4n) is 5.32. The van der Waals surface area contributed by atoms with Crippen LogP contribution in [0.25, 0.3) is 0 Å². The van der Waals surface area contributed by atoms with E-state index in [-0.39, 0.29) is 29.8 Å². The van der Waals surface area contributed by atoms with Gasteiger partial charge in [0.25, 0.3) is 10.0 Å². The number of anilines is 1. The molecule has 0 heterocycles. The van der Waals surface area contributed by atoms with E-state index in [0.717, 1.165) is 43.4 Å². The van der Waals surface area contributed by atoms with Crippen molar-refractivity contribution in [2.24, 2.45) is 0 Å². The Morgan fingerprint density at radius 2 is 1.64 bits per heavy atom. The molecule has 0 unspecified atom stereocenters. The first-order valence-corrected chi connectivity index (χ1v) is 16.2. The Hall–Kier alpha value is -3.57. The molecule has 0 aliphatic heterocycles. The van der Waals surface area contributed by atoms with E-state index in [1.165, 1.54) is 17.0 Å². The van der Waals surface area contributed by atoms with Crippen LogP contribution in [-0.2, 0) is 32.3 Å². The summed E-state index contributed by atoms with van der Waals surface area (Å²) < 4.78 is 70.1. The van der Waals surface area contributed by atoms with Crippen LogP contribution >= 0.6 is 11.6 Å². The molecule has 1 fully saturated rings. The molecule has 236 valence electrons. The number of rotatable bonds is 11. The second-order valence-corrected chi connectivity index (χ2v) is 13.2. The first kappa shape index (κ1) is 33.3. The first-order valence-electron chi connectivity index (χ1n) is 14.4. The van der Waals surface area contributed by atoms with Gasteiger partial charge in [0.1, 0.15) is 12.6 Å². The van der Waals surface area contributed by atoms with Gasteiger partial charge in [-0.15, -0.1) is 0 Å². The molecule has 44 heavy (non-hydrogen) atoms. The van der Waals surface area contributed by atoms with Crippen LogP contribution in [0.2, 0.25) is 5.02 Å². The summed E-state index contributed by atoms with van der Waals surface area (Å²) >= 11 is 5.84. The van der Waals surface area contributed by atoms with Gasteiger partial charge in [-0.1, -0.05) is 79.4 Å². The van der Waals surface area contributed by atoms with Crippen molar-refractivity contribution in [3.8, 4) is 0 Å². The van der Waals surface area contributed by atoms with Gasteiger partial charge >= 0.3 is 6.18 Å². The molecule has 12 heteroatoms. The minimum absolute atomic E-state index is 0.0108. The van der Waals surface area contributed by atoms with E-state index in [4.69, 9.17) is 11.6 Å². The molecular formula is C32H35ClF3N3O4S. The fraction of sp³-hybridized carbons (Fsp3) is 0.375. The summed E-state index contributed by atoms with van der Waals surface area (Å²) in [5, 5.41) is 2.41. The molecule has 0 saturated heterocycles. The van der Waals surface area contributed by atoms with E-state index in [1.807, 2.05) is 0 Å². The highest BCUT2D eigenvalue weighted by Crippen LogP contribution is 2.38. The molecule has 2 amide bonds. The van der Waals surface area contributed by atoms with E-state index in [0.29, 0.717) is 15.9 Å². The molecule has 1 aliphatic carbocycles. The number of hydrogen-bond acceptors (Lipinski definition) is 4. The number of benzene rings is 3. The molecule has 0 bridgehead atoms. The highest BCUT2D eigenvalue weighted by Gasteiger charge is 2.37. The third kappa shape index (κ3) is 7.92. The third-order valence-corrected chi connectivity index (χ3v) is 9.83. The lowest BCUT2D eigenvalue weighted by Gasteiger charge is -2.34. The lowest BCUT2D eigenvalue weighted by molar-refractivity contribution is -0.140. The lowest BCUT2D eigenvalue weighted by Crippen LogP contribution is -2.53. The zero-order valence-corrected chi connectivity index (χ0v) is 26.1. The van der Waals surface area contributed by atoms with Crippen molar-refractivity contribution >= 4 is 39.1 Å². The number of amides is 2. The van der Waals surface area contributed by atoms with Crippen LogP contribution in [0.3, 0.4) is 0 Å². The maximum absolute atomic E-state index is 14.1. The quantitative estimate of drug-likeness (QED) is 0.250. The maximum Gasteiger partial charge on any atom is 0.417 e. The van der Waals surface area contributed by atoms with Crippen LogP contribution in [0.15, 0.2) is 77.7 Å². The molecule has 1 saturated carbocycles. The topological polar surface area (TPSA) is 86.8 Å². The van der Waals surface area contributed by atoms with E-state index < -0.39 is 51.0 Å². The summed E-state index contributed by atoms with van der Waals surface area (Å²) in [6, 6.07) is 16.4. The number of carbonyl (C=O) groups is 2. The van der Waals surface area contributed by atoms with Crippen LogP contribution in [0.4, 0.5) is 18.9 Å². The van der Waals surface area contributed by atoms with Crippen LogP contribution < -0.4 is 9.62 Å². The SMILES string of the molecule is CC[C@@H](C(=O)NC1CCCC1)N(Cc1ccccc1)C(=O)CN(c1ccc(Cl)c(C(F)(F)F)c1)S(=O)(=O)c1ccc(C)cc1. The Morgan fingerprint density at radius 1 is 1.00 bits per heavy atom. The van der Waals surface area contributed by atoms with Gasteiger partial charge in [-0.05, 0) is 62.1 Å². The summed E-state index contributed by atoms with van der Waals surface area (Å²) in [6.45, 7) is 2.65. The molecule has 0 spiro atoms. The maximum atomic E-state index is 14.1. The second kappa shape index (κ2) is 14.0. The average Bonchev–Trinajstić information content (AvgIpc) is 3.49. The number of aryl methyl sites for hydroxylation is 1. The number of halogens is 4. The first-order chi connectivity index (χ1) is 20.8. The molecule has 0 aromatic heterocycles. The van der Waals surface area contributed by atoms with Gasteiger partial charge in [-0.2, -0.15) is 13.2 Å².